The predicted octanol–water partition coefficient (Wildman–Crippen LogP) is 3.27. The molecule has 172 valence electrons. The van der Waals surface area contributed by atoms with Gasteiger partial charge in [-0.25, -0.2) is 19.1 Å². The third-order valence-corrected chi connectivity index (χ3v) is 6.02. The van der Waals surface area contributed by atoms with Crippen LogP contribution >= 0.6 is 0 Å². The lowest BCUT2D eigenvalue weighted by molar-refractivity contribution is 0.0602. The number of ether oxygens (including phenoxy) is 2. The van der Waals surface area contributed by atoms with Crippen LogP contribution in [-0.4, -0.2) is 34.3 Å². The van der Waals surface area contributed by atoms with Crippen LogP contribution in [0.15, 0.2) is 70.3 Å². The zero-order valence-electron chi connectivity index (χ0n) is 18.9. The molecule has 1 fully saturated rings. The van der Waals surface area contributed by atoms with Gasteiger partial charge in [0.25, 0.3) is 5.56 Å². The Morgan fingerprint density at radius 1 is 1.03 bits per heavy atom. The average molecular weight is 457 g/mol. The number of rotatable bonds is 6. The molecular formula is C26H23N3O5. The first-order valence-electron chi connectivity index (χ1n) is 11.0. The van der Waals surface area contributed by atoms with Gasteiger partial charge in [0.2, 0.25) is 0 Å². The number of pyridine rings is 1. The molecule has 2 heterocycles. The number of aromatic nitrogens is 3. The highest BCUT2D eigenvalue weighted by atomic mass is 16.5. The van der Waals surface area contributed by atoms with Crippen molar-refractivity contribution >= 4 is 17.0 Å². The van der Waals surface area contributed by atoms with Crippen molar-refractivity contribution in [1.29, 1.82) is 0 Å². The quantitative estimate of drug-likeness (QED) is 0.413. The molecular weight excluding hydrogens is 434 g/mol. The lowest BCUT2D eigenvalue weighted by Gasteiger charge is -2.18. The van der Waals surface area contributed by atoms with Gasteiger partial charge in [-0.3, -0.25) is 9.36 Å². The number of methoxy groups -OCH3 is 2. The summed E-state index contributed by atoms with van der Waals surface area (Å²) in [5, 5.41) is 0.0395. The normalized spacial score (nSPS) is 13.1. The summed E-state index contributed by atoms with van der Waals surface area (Å²) < 4.78 is 13.0. The molecule has 1 saturated carbocycles. The van der Waals surface area contributed by atoms with Gasteiger partial charge in [-0.1, -0.05) is 42.5 Å². The van der Waals surface area contributed by atoms with Gasteiger partial charge in [0.05, 0.1) is 37.4 Å². The molecule has 0 spiro atoms. The Morgan fingerprint density at radius 3 is 2.41 bits per heavy atom. The second-order valence-electron chi connectivity index (χ2n) is 8.23. The minimum Gasteiger partial charge on any atom is -0.495 e. The first-order valence-corrected chi connectivity index (χ1v) is 11.0. The molecule has 2 aromatic heterocycles. The van der Waals surface area contributed by atoms with Crippen LogP contribution in [0.5, 0.6) is 5.75 Å². The highest BCUT2D eigenvalue weighted by molar-refractivity contribution is 6.02. The Bertz CT molecular complexity index is 1520. The van der Waals surface area contributed by atoms with Crippen LogP contribution in [0, 0.1) is 0 Å². The standard InChI is InChI=1S/C26H23N3O5/c1-33-21-11-7-6-10-20(21)29-23-22(18(25(31)34-2)14-19(27-23)17-12-13-17)24(30)28(26(29)32)15-16-8-4-3-5-9-16/h3-11,14,17H,12-13,15H2,1-2H3. The van der Waals surface area contributed by atoms with Crippen LogP contribution < -0.4 is 16.0 Å². The molecule has 8 heteroatoms. The van der Waals surface area contributed by atoms with Crippen molar-refractivity contribution in [3.8, 4) is 11.4 Å². The first kappa shape index (κ1) is 21.6. The second-order valence-corrected chi connectivity index (χ2v) is 8.23. The first-order chi connectivity index (χ1) is 16.5. The smallest absolute Gasteiger partial charge is 0.338 e. The Balaban J connectivity index is 1.93. The molecule has 1 aliphatic rings. The van der Waals surface area contributed by atoms with Crippen molar-refractivity contribution < 1.29 is 14.3 Å². The van der Waals surface area contributed by atoms with E-state index in [0.29, 0.717) is 17.1 Å². The number of hydrogen-bond donors (Lipinski definition) is 0. The third kappa shape index (κ3) is 3.67. The van der Waals surface area contributed by atoms with E-state index in [2.05, 4.69) is 0 Å². The number of hydrogen-bond acceptors (Lipinski definition) is 6. The zero-order chi connectivity index (χ0) is 23.8. The van der Waals surface area contributed by atoms with E-state index in [0.717, 1.165) is 23.0 Å². The van der Waals surface area contributed by atoms with Crippen LogP contribution in [0.4, 0.5) is 0 Å². The molecule has 1 aliphatic carbocycles. The highest BCUT2D eigenvalue weighted by Crippen LogP contribution is 2.40. The van der Waals surface area contributed by atoms with Gasteiger partial charge < -0.3 is 9.47 Å². The maximum absolute atomic E-state index is 13.8. The molecule has 0 amide bonds. The number of fused-ring (bicyclic) bond motifs is 1. The van der Waals surface area contributed by atoms with E-state index in [-0.39, 0.29) is 29.1 Å². The van der Waals surface area contributed by atoms with Crippen LogP contribution in [0.2, 0.25) is 0 Å². The molecule has 2 aromatic carbocycles. The van der Waals surface area contributed by atoms with E-state index < -0.39 is 17.2 Å². The molecule has 5 rings (SSSR count). The number of nitrogens with zero attached hydrogens (tertiary/aromatic N) is 3. The van der Waals surface area contributed by atoms with Crippen molar-refractivity contribution in [3.63, 3.8) is 0 Å². The molecule has 0 radical (unpaired) electrons. The van der Waals surface area contributed by atoms with Crippen molar-refractivity contribution in [2.75, 3.05) is 14.2 Å². The molecule has 0 unspecified atom stereocenters. The number of esters is 1. The van der Waals surface area contributed by atoms with E-state index in [1.807, 2.05) is 30.3 Å². The maximum Gasteiger partial charge on any atom is 0.338 e. The summed E-state index contributed by atoms with van der Waals surface area (Å²) in [6.07, 6.45) is 1.87. The van der Waals surface area contributed by atoms with Gasteiger partial charge in [0, 0.05) is 11.6 Å². The summed E-state index contributed by atoms with van der Waals surface area (Å²) >= 11 is 0. The minimum atomic E-state index is -0.650. The van der Waals surface area contributed by atoms with Crippen molar-refractivity contribution in [2.24, 2.45) is 0 Å². The molecule has 4 aromatic rings. The average Bonchev–Trinajstić information content (AvgIpc) is 3.72. The molecule has 34 heavy (non-hydrogen) atoms. The summed E-state index contributed by atoms with van der Waals surface area (Å²) in [4.78, 5) is 45.1. The SMILES string of the molecule is COC(=O)c1cc(C2CC2)nc2c1c(=O)n(Cc1ccccc1)c(=O)n2-c1ccccc1OC. The van der Waals surface area contributed by atoms with Gasteiger partial charge in [-0.2, -0.15) is 0 Å². The summed E-state index contributed by atoms with van der Waals surface area (Å²) in [6.45, 7) is 0.0363. The van der Waals surface area contributed by atoms with Gasteiger partial charge in [-0.15, -0.1) is 0 Å². The van der Waals surface area contributed by atoms with Gasteiger partial charge >= 0.3 is 11.7 Å². The molecule has 0 N–H and O–H groups in total. The molecule has 0 bridgehead atoms. The third-order valence-electron chi connectivity index (χ3n) is 6.02. The number of para-hydroxylation sites is 2. The maximum atomic E-state index is 13.8. The largest absolute Gasteiger partial charge is 0.495 e. The van der Waals surface area contributed by atoms with E-state index in [1.54, 1.807) is 30.3 Å². The van der Waals surface area contributed by atoms with Crippen molar-refractivity contribution in [2.45, 2.75) is 25.3 Å². The zero-order valence-corrected chi connectivity index (χ0v) is 18.9. The van der Waals surface area contributed by atoms with E-state index >= 15 is 0 Å². The fourth-order valence-corrected chi connectivity index (χ4v) is 4.15. The highest BCUT2D eigenvalue weighted by Gasteiger charge is 2.30. The van der Waals surface area contributed by atoms with Crippen LogP contribution in [-0.2, 0) is 11.3 Å². The number of benzene rings is 2. The lowest BCUT2D eigenvalue weighted by atomic mass is 10.1. The molecule has 8 nitrogen and oxygen atoms in total. The van der Waals surface area contributed by atoms with Crippen LogP contribution in [0.1, 0.15) is 40.4 Å². The molecule has 0 atom stereocenters. The van der Waals surface area contributed by atoms with Crippen LogP contribution in [0.25, 0.3) is 16.7 Å². The van der Waals surface area contributed by atoms with Gasteiger partial charge in [0.15, 0.2) is 5.65 Å². The summed E-state index contributed by atoms with van der Waals surface area (Å²) in [5.41, 5.74) is 0.926. The minimum absolute atomic E-state index is 0.0363. The number of carbonyl (C=O) groups excluding carboxylic acids is 1. The van der Waals surface area contributed by atoms with Gasteiger partial charge in [-0.05, 0) is 36.6 Å². The number of carbonyl (C=O) groups is 1. The van der Waals surface area contributed by atoms with Crippen molar-refractivity contribution in [3.05, 3.63) is 98.3 Å². The molecule has 0 aliphatic heterocycles. The Kier molecular flexibility index (Phi) is 5.49. The fraction of sp³-hybridized carbons (Fsp3) is 0.231. The van der Waals surface area contributed by atoms with E-state index in [4.69, 9.17) is 14.5 Å². The Labute approximate surface area is 195 Å². The lowest BCUT2D eigenvalue weighted by Crippen LogP contribution is -2.41. The Morgan fingerprint density at radius 2 is 1.74 bits per heavy atom. The summed E-state index contributed by atoms with van der Waals surface area (Å²) in [5.74, 6) is -0.0299. The van der Waals surface area contributed by atoms with Crippen LogP contribution in [0.3, 0.4) is 0 Å². The fourth-order valence-electron chi connectivity index (χ4n) is 4.15. The second kappa shape index (κ2) is 8.62. The topological polar surface area (TPSA) is 92.4 Å². The summed E-state index contributed by atoms with van der Waals surface area (Å²) in [7, 11) is 2.78. The van der Waals surface area contributed by atoms with E-state index in [1.165, 1.54) is 18.8 Å². The Hall–Kier alpha value is -4.20. The monoisotopic (exact) mass is 457 g/mol. The summed E-state index contributed by atoms with van der Waals surface area (Å²) in [6, 6.07) is 17.8. The molecule has 0 saturated heterocycles. The van der Waals surface area contributed by atoms with Gasteiger partial charge in [0.1, 0.15) is 5.75 Å². The van der Waals surface area contributed by atoms with Crippen molar-refractivity contribution in [1.82, 2.24) is 14.1 Å². The predicted molar refractivity (Wildman–Crippen MR) is 127 cm³/mol. The van der Waals surface area contributed by atoms with E-state index in [9.17, 15) is 14.4 Å².